The van der Waals surface area contributed by atoms with Crippen molar-refractivity contribution in [1.82, 2.24) is 10.1 Å². The average molecular weight is 303 g/mol. The molecule has 0 saturated heterocycles. The zero-order valence-corrected chi connectivity index (χ0v) is 12.3. The van der Waals surface area contributed by atoms with Crippen molar-refractivity contribution < 1.29 is 12.9 Å². The third kappa shape index (κ3) is 2.36. The lowest BCUT2D eigenvalue weighted by molar-refractivity contribution is 0.390. The monoisotopic (exact) mass is 303 g/mol. The van der Waals surface area contributed by atoms with Gasteiger partial charge in [0.15, 0.2) is 10.7 Å². The summed E-state index contributed by atoms with van der Waals surface area (Å²) in [5, 5.41) is 4.41. The Bertz CT molecular complexity index is 891. The molecule has 0 aliphatic rings. The summed E-state index contributed by atoms with van der Waals surface area (Å²) < 4.78 is 32.5. The fourth-order valence-corrected chi connectivity index (χ4v) is 3.66. The Morgan fingerprint density at radius 2 is 1.95 bits per heavy atom. The molecule has 0 radical (unpaired) electrons. The van der Waals surface area contributed by atoms with Gasteiger partial charge in [0.05, 0.1) is 11.2 Å². The molecular weight excluding hydrogens is 290 g/mol. The standard InChI is InChI=1S/C14H13N3O3S/c1-9-14(10(2)20-16-9)21(18,19)17-13-7-3-6-12-11(13)5-4-8-15-12/h3-8,17H,1-2H3. The second-order valence-electron chi connectivity index (χ2n) is 4.63. The van der Waals surface area contributed by atoms with Gasteiger partial charge in [-0.2, -0.15) is 0 Å². The zero-order chi connectivity index (χ0) is 15.0. The van der Waals surface area contributed by atoms with Crippen molar-refractivity contribution in [3.05, 3.63) is 48.0 Å². The first kappa shape index (κ1) is 13.6. The molecule has 0 amide bonds. The van der Waals surface area contributed by atoms with Crippen LogP contribution in [0.25, 0.3) is 10.9 Å². The summed E-state index contributed by atoms with van der Waals surface area (Å²) in [5.74, 6) is 0.262. The number of hydrogen-bond donors (Lipinski definition) is 1. The van der Waals surface area contributed by atoms with Crippen LogP contribution < -0.4 is 4.72 Å². The topological polar surface area (TPSA) is 85.1 Å². The maximum absolute atomic E-state index is 12.5. The molecule has 0 atom stereocenters. The van der Waals surface area contributed by atoms with Gasteiger partial charge in [0, 0.05) is 11.6 Å². The van der Waals surface area contributed by atoms with Crippen LogP contribution >= 0.6 is 0 Å². The highest BCUT2D eigenvalue weighted by molar-refractivity contribution is 7.92. The van der Waals surface area contributed by atoms with Crippen LogP contribution in [0, 0.1) is 13.8 Å². The molecule has 0 bridgehead atoms. The molecule has 0 spiro atoms. The number of sulfonamides is 1. The molecule has 2 heterocycles. The van der Waals surface area contributed by atoms with Crippen molar-refractivity contribution in [2.45, 2.75) is 18.7 Å². The van der Waals surface area contributed by atoms with E-state index in [2.05, 4.69) is 14.9 Å². The van der Waals surface area contributed by atoms with Crippen molar-refractivity contribution in [3.63, 3.8) is 0 Å². The highest BCUT2D eigenvalue weighted by Crippen LogP contribution is 2.26. The Labute approximate surface area is 121 Å². The first-order valence-corrected chi connectivity index (χ1v) is 7.77. The van der Waals surface area contributed by atoms with E-state index in [-0.39, 0.29) is 10.7 Å². The van der Waals surface area contributed by atoms with Gasteiger partial charge in [-0.15, -0.1) is 0 Å². The minimum Gasteiger partial charge on any atom is -0.360 e. The van der Waals surface area contributed by atoms with Gasteiger partial charge in [-0.3, -0.25) is 9.71 Å². The molecule has 1 aromatic carbocycles. The van der Waals surface area contributed by atoms with Crippen molar-refractivity contribution in [1.29, 1.82) is 0 Å². The molecule has 0 fully saturated rings. The lowest BCUT2D eigenvalue weighted by Gasteiger charge is -2.09. The van der Waals surface area contributed by atoms with Crippen molar-refractivity contribution in [2.24, 2.45) is 0 Å². The van der Waals surface area contributed by atoms with Gasteiger partial charge in [-0.25, -0.2) is 8.42 Å². The van der Waals surface area contributed by atoms with Crippen molar-refractivity contribution in [2.75, 3.05) is 4.72 Å². The van der Waals surface area contributed by atoms with Gasteiger partial charge < -0.3 is 4.52 Å². The fraction of sp³-hybridized carbons (Fsp3) is 0.143. The van der Waals surface area contributed by atoms with E-state index in [4.69, 9.17) is 4.52 Å². The number of fused-ring (bicyclic) bond motifs is 1. The summed E-state index contributed by atoms with van der Waals surface area (Å²) in [7, 11) is -3.76. The smallest absolute Gasteiger partial charge is 0.267 e. The average Bonchev–Trinajstić information content (AvgIpc) is 2.79. The van der Waals surface area contributed by atoms with E-state index in [1.54, 1.807) is 38.2 Å². The SMILES string of the molecule is Cc1noc(C)c1S(=O)(=O)Nc1cccc2ncccc12. The predicted molar refractivity (Wildman–Crippen MR) is 78.5 cm³/mol. The van der Waals surface area contributed by atoms with Gasteiger partial charge >= 0.3 is 0 Å². The van der Waals surface area contributed by atoms with Gasteiger partial charge in [-0.1, -0.05) is 11.2 Å². The number of anilines is 1. The minimum atomic E-state index is -3.76. The molecule has 0 aliphatic heterocycles. The van der Waals surface area contributed by atoms with E-state index in [0.29, 0.717) is 11.4 Å². The number of pyridine rings is 1. The Kier molecular flexibility index (Phi) is 3.13. The number of hydrogen-bond acceptors (Lipinski definition) is 5. The number of nitrogens with zero attached hydrogens (tertiary/aromatic N) is 2. The van der Waals surface area contributed by atoms with E-state index in [1.807, 2.05) is 12.1 Å². The van der Waals surface area contributed by atoms with Gasteiger partial charge in [0.2, 0.25) is 0 Å². The summed E-state index contributed by atoms with van der Waals surface area (Å²) in [6, 6.07) is 8.84. The Morgan fingerprint density at radius 3 is 2.67 bits per heavy atom. The Hall–Kier alpha value is -2.41. The lowest BCUT2D eigenvalue weighted by Crippen LogP contribution is -2.14. The number of aromatic nitrogens is 2. The summed E-state index contributed by atoms with van der Waals surface area (Å²) in [6.45, 7) is 3.16. The highest BCUT2D eigenvalue weighted by atomic mass is 32.2. The van der Waals surface area contributed by atoms with Gasteiger partial charge in [-0.05, 0) is 38.1 Å². The van der Waals surface area contributed by atoms with Crippen LogP contribution in [-0.2, 0) is 10.0 Å². The van der Waals surface area contributed by atoms with Crippen LogP contribution in [0.3, 0.4) is 0 Å². The molecule has 0 saturated carbocycles. The summed E-state index contributed by atoms with van der Waals surface area (Å²) in [4.78, 5) is 4.28. The van der Waals surface area contributed by atoms with Crippen LogP contribution in [0.2, 0.25) is 0 Å². The van der Waals surface area contributed by atoms with Crippen LogP contribution in [0.1, 0.15) is 11.5 Å². The molecule has 1 N–H and O–H groups in total. The molecule has 108 valence electrons. The number of aryl methyl sites for hydroxylation is 2. The molecule has 0 aliphatic carbocycles. The molecule has 21 heavy (non-hydrogen) atoms. The number of benzene rings is 1. The first-order chi connectivity index (χ1) is 9.99. The molecular formula is C14H13N3O3S. The predicted octanol–water partition coefficient (Wildman–Crippen LogP) is 2.64. The normalized spacial score (nSPS) is 11.7. The Morgan fingerprint density at radius 1 is 1.14 bits per heavy atom. The first-order valence-electron chi connectivity index (χ1n) is 6.28. The fourth-order valence-electron chi connectivity index (χ4n) is 2.25. The lowest BCUT2D eigenvalue weighted by atomic mass is 10.2. The quantitative estimate of drug-likeness (QED) is 0.804. The summed E-state index contributed by atoms with van der Waals surface area (Å²) in [6.07, 6.45) is 1.66. The van der Waals surface area contributed by atoms with Crippen LogP contribution in [0.5, 0.6) is 0 Å². The van der Waals surface area contributed by atoms with E-state index in [9.17, 15) is 8.42 Å². The van der Waals surface area contributed by atoms with E-state index < -0.39 is 10.0 Å². The molecule has 3 aromatic rings. The second-order valence-corrected chi connectivity index (χ2v) is 6.25. The van der Waals surface area contributed by atoms with Crippen molar-refractivity contribution >= 4 is 26.6 Å². The van der Waals surface area contributed by atoms with E-state index >= 15 is 0 Å². The third-order valence-electron chi connectivity index (χ3n) is 3.13. The highest BCUT2D eigenvalue weighted by Gasteiger charge is 2.24. The largest absolute Gasteiger partial charge is 0.360 e. The van der Waals surface area contributed by atoms with E-state index in [1.165, 1.54) is 0 Å². The van der Waals surface area contributed by atoms with Gasteiger partial charge in [0.25, 0.3) is 10.0 Å². The molecule has 0 unspecified atom stereocenters. The second kappa shape index (κ2) is 4.85. The maximum Gasteiger partial charge on any atom is 0.267 e. The third-order valence-corrected chi connectivity index (χ3v) is 4.74. The molecule has 2 aromatic heterocycles. The van der Waals surface area contributed by atoms with Crippen molar-refractivity contribution in [3.8, 4) is 0 Å². The molecule has 6 nitrogen and oxygen atoms in total. The minimum absolute atomic E-state index is 0.0726. The molecule has 3 rings (SSSR count). The zero-order valence-electron chi connectivity index (χ0n) is 11.5. The summed E-state index contributed by atoms with van der Waals surface area (Å²) in [5.41, 5.74) is 1.52. The number of nitrogens with one attached hydrogen (secondary N) is 1. The Balaban J connectivity index is 2.10. The molecule has 7 heteroatoms. The maximum atomic E-state index is 12.5. The van der Waals surface area contributed by atoms with E-state index in [0.717, 1.165) is 10.9 Å². The van der Waals surface area contributed by atoms with Gasteiger partial charge in [0.1, 0.15) is 5.69 Å². The number of rotatable bonds is 3. The van der Waals surface area contributed by atoms with Crippen LogP contribution in [-0.4, -0.2) is 18.6 Å². The summed E-state index contributed by atoms with van der Waals surface area (Å²) >= 11 is 0. The van der Waals surface area contributed by atoms with Crippen LogP contribution in [0.4, 0.5) is 5.69 Å². The van der Waals surface area contributed by atoms with Crippen LogP contribution in [0.15, 0.2) is 45.9 Å².